The third-order valence-electron chi connectivity index (χ3n) is 3.97. The number of carbonyl (C=O) groups is 3. The maximum Gasteiger partial charge on any atom is 0.309 e. The van der Waals surface area contributed by atoms with Crippen LogP contribution >= 0.6 is 0 Å². The van der Waals surface area contributed by atoms with Crippen molar-refractivity contribution in [1.29, 1.82) is 0 Å². The molecule has 0 spiro atoms. The molecule has 1 aliphatic rings. The highest BCUT2D eigenvalue weighted by Gasteiger charge is 2.40. The number of carboxylic acids is 2. The van der Waals surface area contributed by atoms with Crippen LogP contribution in [0.2, 0.25) is 0 Å². The molecule has 20 heavy (non-hydrogen) atoms. The Morgan fingerprint density at radius 1 is 1.25 bits per heavy atom. The Bertz CT molecular complexity index is 381. The van der Waals surface area contributed by atoms with Gasteiger partial charge in [-0.15, -0.1) is 0 Å². The SMILES string of the molecule is CCC(CN)CC(=O)N1CCC(C(=O)O)C(C(=O)O)C1. The first kappa shape index (κ1) is 16.4. The van der Waals surface area contributed by atoms with Gasteiger partial charge in [0.2, 0.25) is 5.91 Å². The summed E-state index contributed by atoms with van der Waals surface area (Å²) >= 11 is 0. The smallest absolute Gasteiger partial charge is 0.309 e. The van der Waals surface area contributed by atoms with Gasteiger partial charge in [-0.2, -0.15) is 0 Å². The summed E-state index contributed by atoms with van der Waals surface area (Å²) in [5.74, 6) is -4.30. The fourth-order valence-corrected chi connectivity index (χ4v) is 2.49. The van der Waals surface area contributed by atoms with Crippen LogP contribution in [0.1, 0.15) is 26.2 Å². The Morgan fingerprint density at radius 3 is 2.30 bits per heavy atom. The fourth-order valence-electron chi connectivity index (χ4n) is 2.49. The van der Waals surface area contributed by atoms with Crippen LogP contribution in [-0.2, 0) is 14.4 Å². The molecular weight excluding hydrogens is 264 g/mol. The molecule has 1 aliphatic heterocycles. The zero-order valence-electron chi connectivity index (χ0n) is 11.6. The first-order valence-electron chi connectivity index (χ1n) is 6.84. The number of carboxylic acid groups (broad SMARTS) is 2. The van der Waals surface area contributed by atoms with E-state index in [1.807, 2.05) is 6.92 Å². The number of piperidine rings is 1. The lowest BCUT2D eigenvalue weighted by molar-refractivity contribution is -0.159. The highest BCUT2D eigenvalue weighted by Crippen LogP contribution is 2.25. The Labute approximate surface area is 117 Å². The minimum atomic E-state index is -1.17. The van der Waals surface area contributed by atoms with E-state index in [4.69, 9.17) is 15.9 Å². The molecule has 114 valence electrons. The standard InChI is InChI=1S/C13H22N2O5/c1-2-8(6-14)5-11(16)15-4-3-9(12(17)18)10(7-15)13(19)20/h8-10H,2-7,14H2,1H3,(H,17,18)(H,19,20). The molecule has 3 atom stereocenters. The van der Waals surface area contributed by atoms with Crippen molar-refractivity contribution in [2.45, 2.75) is 26.2 Å². The van der Waals surface area contributed by atoms with Crippen LogP contribution in [0.3, 0.4) is 0 Å². The van der Waals surface area contributed by atoms with Crippen molar-refractivity contribution in [1.82, 2.24) is 4.90 Å². The van der Waals surface area contributed by atoms with E-state index in [1.165, 1.54) is 4.90 Å². The second-order valence-corrected chi connectivity index (χ2v) is 5.23. The van der Waals surface area contributed by atoms with Crippen LogP contribution in [0.25, 0.3) is 0 Å². The molecule has 0 aromatic heterocycles. The van der Waals surface area contributed by atoms with Gasteiger partial charge in [-0.1, -0.05) is 13.3 Å². The van der Waals surface area contributed by atoms with Crippen molar-refractivity contribution in [3.05, 3.63) is 0 Å². The molecule has 0 aliphatic carbocycles. The summed E-state index contributed by atoms with van der Waals surface area (Å²) in [7, 11) is 0. The number of aliphatic carboxylic acids is 2. The van der Waals surface area contributed by atoms with E-state index in [-0.39, 0.29) is 31.2 Å². The largest absolute Gasteiger partial charge is 0.481 e. The summed E-state index contributed by atoms with van der Waals surface area (Å²) in [5, 5.41) is 18.1. The maximum atomic E-state index is 12.1. The molecule has 3 unspecified atom stereocenters. The molecule has 7 heteroatoms. The number of rotatable bonds is 6. The molecular formula is C13H22N2O5. The average Bonchev–Trinajstić information content (AvgIpc) is 2.43. The lowest BCUT2D eigenvalue weighted by Gasteiger charge is -2.35. The number of nitrogens with two attached hydrogens (primary N) is 1. The maximum absolute atomic E-state index is 12.1. The zero-order valence-corrected chi connectivity index (χ0v) is 11.6. The van der Waals surface area contributed by atoms with Gasteiger partial charge in [-0.25, -0.2) is 0 Å². The van der Waals surface area contributed by atoms with E-state index < -0.39 is 23.8 Å². The second-order valence-electron chi connectivity index (χ2n) is 5.23. The van der Waals surface area contributed by atoms with Crippen molar-refractivity contribution < 1.29 is 24.6 Å². The third kappa shape index (κ3) is 3.93. The molecule has 1 fully saturated rings. The summed E-state index contributed by atoms with van der Waals surface area (Å²) in [6.07, 6.45) is 1.25. The summed E-state index contributed by atoms with van der Waals surface area (Å²) in [4.78, 5) is 35.7. The number of carbonyl (C=O) groups excluding carboxylic acids is 1. The van der Waals surface area contributed by atoms with Crippen LogP contribution in [-0.4, -0.2) is 52.6 Å². The van der Waals surface area contributed by atoms with Crippen LogP contribution in [0.5, 0.6) is 0 Å². The molecule has 1 amide bonds. The highest BCUT2D eigenvalue weighted by atomic mass is 16.4. The normalized spacial score (nSPS) is 24.2. The Balaban J connectivity index is 2.68. The lowest BCUT2D eigenvalue weighted by atomic mass is 9.85. The second kappa shape index (κ2) is 7.23. The Hall–Kier alpha value is -1.63. The van der Waals surface area contributed by atoms with E-state index in [1.54, 1.807) is 0 Å². The minimum Gasteiger partial charge on any atom is -0.481 e. The van der Waals surface area contributed by atoms with Gasteiger partial charge in [0.25, 0.3) is 0 Å². The third-order valence-corrected chi connectivity index (χ3v) is 3.97. The van der Waals surface area contributed by atoms with Crippen molar-refractivity contribution in [3.8, 4) is 0 Å². The van der Waals surface area contributed by atoms with Gasteiger partial charge in [0.05, 0.1) is 11.8 Å². The molecule has 0 aromatic rings. The molecule has 4 N–H and O–H groups in total. The molecule has 1 rings (SSSR count). The zero-order chi connectivity index (χ0) is 15.3. The van der Waals surface area contributed by atoms with Crippen molar-refractivity contribution >= 4 is 17.8 Å². The van der Waals surface area contributed by atoms with Gasteiger partial charge in [-0.3, -0.25) is 14.4 Å². The Morgan fingerprint density at radius 2 is 1.85 bits per heavy atom. The molecule has 0 radical (unpaired) electrons. The monoisotopic (exact) mass is 286 g/mol. The number of amides is 1. The first-order valence-corrected chi connectivity index (χ1v) is 6.84. The van der Waals surface area contributed by atoms with E-state index in [0.717, 1.165) is 6.42 Å². The quantitative estimate of drug-likeness (QED) is 0.631. The van der Waals surface area contributed by atoms with E-state index in [0.29, 0.717) is 13.1 Å². The predicted octanol–water partition coefficient (Wildman–Crippen LogP) is -0.00470. The lowest BCUT2D eigenvalue weighted by Crippen LogP contribution is -2.49. The van der Waals surface area contributed by atoms with Crippen LogP contribution in [0.4, 0.5) is 0 Å². The summed E-state index contributed by atoms with van der Waals surface area (Å²) in [6.45, 7) is 2.62. The highest BCUT2D eigenvalue weighted by molar-refractivity contribution is 5.82. The Kier molecular flexibility index (Phi) is 5.94. The van der Waals surface area contributed by atoms with Crippen molar-refractivity contribution in [2.75, 3.05) is 19.6 Å². The first-order chi connectivity index (χ1) is 9.40. The topological polar surface area (TPSA) is 121 Å². The number of likely N-dealkylation sites (tertiary alicyclic amines) is 1. The molecule has 0 bridgehead atoms. The number of hydrogen-bond acceptors (Lipinski definition) is 4. The summed E-state index contributed by atoms with van der Waals surface area (Å²) in [5.41, 5.74) is 5.56. The van der Waals surface area contributed by atoms with E-state index >= 15 is 0 Å². The number of hydrogen-bond donors (Lipinski definition) is 3. The van der Waals surface area contributed by atoms with Crippen molar-refractivity contribution in [2.24, 2.45) is 23.5 Å². The summed E-state index contributed by atoms with van der Waals surface area (Å²) in [6, 6.07) is 0. The molecule has 7 nitrogen and oxygen atoms in total. The van der Waals surface area contributed by atoms with E-state index in [2.05, 4.69) is 0 Å². The van der Waals surface area contributed by atoms with Crippen LogP contribution < -0.4 is 5.73 Å². The molecule has 1 saturated heterocycles. The van der Waals surface area contributed by atoms with Gasteiger partial charge in [0.15, 0.2) is 0 Å². The van der Waals surface area contributed by atoms with Gasteiger partial charge in [0, 0.05) is 19.5 Å². The molecule has 0 saturated carbocycles. The van der Waals surface area contributed by atoms with Crippen molar-refractivity contribution in [3.63, 3.8) is 0 Å². The van der Waals surface area contributed by atoms with Crippen LogP contribution in [0, 0.1) is 17.8 Å². The molecule has 0 aromatic carbocycles. The predicted molar refractivity (Wildman–Crippen MR) is 70.9 cm³/mol. The van der Waals surface area contributed by atoms with Crippen LogP contribution in [0.15, 0.2) is 0 Å². The molecule has 1 heterocycles. The number of nitrogens with zero attached hydrogens (tertiary/aromatic N) is 1. The summed E-state index contributed by atoms with van der Waals surface area (Å²) < 4.78 is 0. The minimum absolute atomic E-state index is 0.0356. The van der Waals surface area contributed by atoms with Gasteiger partial charge in [0.1, 0.15) is 0 Å². The average molecular weight is 286 g/mol. The fraction of sp³-hybridized carbons (Fsp3) is 0.769. The van der Waals surface area contributed by atoms with Gasteiger partial charge >= 0.3 is 11.9 Å². The van der Waals surface area contributed by atoms with Gasteiger partial charge < -0.3 is 20.8 Å². The van der Waals surface area contributed by atoms with Gasteiger partial charge in [-0.05, 0) is 18.9 Å². The van der Waals surface area contributed by atoms with E-state index in [9.17, 15) is 14.4 Å².